The summed E-state index contributed by atoms with van der Waals surface area (Å²) < 4.78 is 0. The fourth-order valence-electron chi connectivity index (χ4n) is 2.84. The molecule has 1 saturated heterocycles. The van der Waals surface area contributed by atoms with Gasteiger partial charge in [-0.15, -0.1) is 0 Å². The number of hydrogen-bond donors (Lipinski definition) is 2. The van der Waals surface area contributed by atoms with Gasteiger partial charge in [-0.1, -0.05) is 24.1 Å². The maximum atomic E-state index is 12.2. The van der Waals surface area contributed by atoms with Crippen LogP contribution in [0.25, 0.3) is 0 Å². The Hall–Kier alpha value is -1.79. The number of amides is 2. The van der Waals surface area contributed by atoms with Gasteiger partial charge in [-0.05, 0) is 31.0 Å². The molecule has 2 N–H and O–H groups in total. The Morgan fingerprint density at radius 1 is 1.08 bits per heavy atom. The molecule has 0 aromatic heterocycles. The Morgan fingerprint density at radius 3 is 2.46 bits per heavy atom. The van der Waals surface area contributed by atoms with Gasteiger partial charge in [-0.25, -0.2) is 5.48 Å². The molecular weight excluding hydrogens is 330 g/mol. The van der Waals surface area contributed by atoms with Gasteiger partial charge in [-0.3, -0.25) is 14.8 Å². The number of carbonyl (C=O) groups excluding carboxylic acids is 2. The second kappa shape index (κ2) is 9.49. The number of anilines is 1. The number of unbranched alkanes of at least 4 members (excludes halogenated alkanes) is 2. The standard InChI is InChI=1S/C17H24ClN3O3/c18-14-5-4-6-15(13-14)20-9-11-21(12-10-20)17(23)8-3-1-2-7-16(22)19-24/h4-6,13,24H,1-3,7-12H2,(H,19,22). The van der Waals surface area contributed by atoms with Crippen LogP contribution < -0.4 is 10.4 Å². The van der Waals surface area contributed by atoms with E-state index in [1.807, 2.05) is 29.2 Å². The summed E-state index contributed by atoms with van der Waals surface area (Å²) in [6, 6.07) is 7.77. The number of nitrogens with one attached hydrogen (secondary N) is 1. The minimum absolute atomic E-state index is 0.173. The molecule has 0 atom stereocenters. The molecule has 6 nitrogen and oxygen atoms in total. The van der Waals surface area contributed by atoms with E-state index in [1.54, 1.807) is 5.48 Å². The lowest BCUT2D eigenvalue weighted by Gasteiger charge is -2.36. The SMILES string of the molecule is O=C(CCCCCC(=O)N1CCN(c2cccc(Cl)c2)CC1)NO. The number of rotatable bonds is 7. The average Bonchev–Trinajstić information content (AvgIpc) is 2.61. The Kier molecular flexibility index (Phi) is 7.34. The quantitative estimate of drug-likeness (QED) is 0.448. The Morgan fingerprint density at radius 2 is 1.79 bits per heavy atom. The van der Waals surface area contributed by atoms with E-state index in [2.05, 4.69) is 4.90 Å². The summed E-state index contributed by atoms with van der Waals surface area (Å²) in [7, 11) is 0. The molecule has 2 rings (SSSR count). The first-order valence-corrected chi connectivity index (χ1v) is 8.69. The summed E-state index contributed by atoms with van der Waals surface area (Å²) in [6.45, 7) is 3.06. The molecule has 24 heavy (non-hydrogen) atoms. The van der Waals surface area contributed by atoms with Gasteiger partial charge in [0.15, 0.2) is 0 Å². The van der Waals surface area contributed by atoms with E-state index in [4.69, 9.17) is 16.8 Å². The largest absolute Gasteiger partial charge is 0.368 e. The molecule has 0 radical (unpaired) electrons. The van der Waals surface area contributed by atoms with Crippen molar-refractivity contribution in [1.29, 1.82) is 0 Å². The minimum atomic E-state index is -0.376. The normalized spacial score (nSPS) is 14.6. The van der Waals surface area contributed by atoms with Crippen LogP contribution in [0, 0.1) is 0 Å². The molecule has 0 unspecified atom stereocenters. The molecule has 0 bridgehead atoms. The van der Waals surface area contributed by atoms with Gasteiger partial charge >= 0.3 is 0 Å². The Labute approximate surface area is 147 Å². The average molecular weight is 354 g/mol. The summed E-state index contributed by atoms with van der Waals surface area (Å²) in [5, 5.41) is 9.12. The van der Waals surface area contributed by atoms with E-state index in [0.717, 1.165) is 49.7 Å². The highest BCUT2D eigenvalue weighted by Gasteiger charge is 2.20. The molecule has 2 amide bonds. The van der Waals surface area contributed by atoms with Gasteiger partial charge in [-0.2, -0.15) is 0 Å². The zero-order valence-electron chi connectivity index (χ0n) is 13.7. The maximum Gasteiger partial charge on any atom is 0.243 e. The highest BCUT2D eigenvalue weighted by Crippen LogP contribution is 2.21. The predicted molar refractivity (Wildman–Crippen MR) is 93.3 cm³/mol. The van der Waals surface area contributed by atoms with Crippen molar-refractivity contribution in [1.82, 2.24) is 10.4 Å². The van der Waals surface area contributed by atoms with Gasteiger partial charge in [0.1, 0.15) is 0 Å². The van der Waals surface area contributed by atoms with Crippen LogP contribution in [-0.4, -0.2) is 48.1 Å². The number of piperazine rings is 1. The first kappa shape index (κ1) is 18.5. The number of nitrogens with zero attached hydrogens (tertiary/aromatic N) is 2. The van der Waals surface area contributed by atoms with Crippen LogP contribution in [-0.2, 0) is 9.59 Å². The van der Waals surface area contributed by atoms with Crippen LogP contribution in [0.4, 0.5) is 5.69 Å². The lowest BCUT2D eigenvalue weighted by molar-refractivity contribution is -0.131. The number of benzene rings is 1. The topological polar surface area (TPSA) is 72.9 Å². The van der Waals surface area contributed by atoms with Gasteiger partial charge in [0.05, 0.1) is 0 Å². The van der Waals surface area contributed by atoms with Crippen LogP contribution in [0.5, 0.6) is 0 Å². The van der Waals surface area contributed by atoms with Crippen molar-refractivity contribution < 1.29 is 14.8 Å². The zero-order valence-corrected chi connectivity index (χ0v) is 14.5. The smallest absolute Gasteiger partial charge is 0.243 e. The molecule has 1 aliphatic rings. The fourth-order valence-corrected chi connectivity index (χ4v) is 3.02. The summed E-state index contributed by atoms with van der Waals surface area (Å²) in [6.07, 6.45) is 3.07. The molecule has 0 aliphatic carbocycles. The van der Waals surface area contributed by atoms with E-state index < -0.39 is 0 Å². The number of hydroxylamine groups is 1. The molecule has 132 valence electrons. The van der Waals surface area contributed by atoms with E-state index in [9.17, 15) is 9.59 Å². The molecule has 0 saturated carbocycles. The van der Waals surface area contributed by atoms with Crippen molar-refractivity contribution in [3.05, 3.63) is 29.3 Å². The van der Waals surface area contributed by atoms with Crippen LogP contribution >= 0.6 is 11.6 Å². The monoisotopic (exact) mass is 353 g/mol. The number of halogens is 1. The maximum absolute atomic E-state index is 12.2. The molecule has 1 heterocycles. The molecule has 7 heteroatoms. The van der Waals surface area contributed by atoms with Crippen molar-refractivity contribution in [3.63, 3.8) is 0 Å². The summed E-state index contributed by atoms with van der Waals surface area (Å²) in [5.74, 6) is -0.203. The molecule has 1 aromatic carbocycles. The highest BCUT2D eigenvalue weighted by molar-refractivity contribution is 6.30. The number of carbonyl (C=O) groups is 2. The summed E-state index contributed by atoms with van der Waals surface area (Å²) in [5.41, 5.74) is 2.70. The summed E-state index contributed by atoms with van der Waals surface area (Å²) in [4.78, 5) is 27.2. The Balaban J connectivity index is 1.66. The summed E-state index contributed by atoms with van der Waals surface area (Å²) >= 11 is 6.02. The third kappa shape index (κ3) is 5.69. The van der Waals surface area contributed by atoms with Crippen molar-refractivity contribution in [2.45, 2.75) is 32.1 Å². The third-order valence-corrected chi connectivity index (χ3v) is 4.46. The third-order valence-electron chi connectivity index (χ3n) is 4.22. The number of hydrogen-bond acceptors (Lipinski definition) is 4. The van der Waals surface area contributed by atoms with Crippen LogP contribution in [0.15, 0.2) is 24.3 Å². The first-order valence-electron chi connectivity index (χ1n) is 8.31. The lowest BCUT2D eigenvalue weighted by atomic mass is 10.1. The van der Waals surface area contributed by atoms with Crippen molar-refractivity contribution in [2.75, 3.05) is 31.1 Å². The second-order valence-electron chi connectivity index (χ2n) is 5.94. The minimum Gasteiger partial charge on any atom is -0.368 e. The lowest BCUT2D eigenvalue weighted by Crippen LogP contribution is -2.48. The predicted octanol–water partition coefficient (Wildman–Crippen LogP) is 2.44. The first-order chi connectivity index (χ1) is 11.6. The van der Waals surface area contributed by atoms with Gasteiger partial charge < -0.3 is 9.80 Å². The second-order valence-corrected chi connectivity index (χ2v) is 6.38. The zero-order chi connectivity index (χ0) is 17.4. The molecule has 1 aromatic rings. The molecule has 1 aliphatic heterocycles. The van der Waals surface area contributed by atoms with E-state index in [1.165, 1.54) is 0 Å². The van der Waals surface area contributed by atoms with Crippen molar-refractivity contribution >= 4 is 29.1 Å². The van der Waals surface area contributed by atoms with Crippen LogP contribution in [0.1, 0.15) is 32.1 Å². The van der Waals surface area contributed by atoms with Gasteiger partial charge in [0, 0.05) is 49.7 Å². The van der Waals surface area contributed by atoms with Gasteiger partial charge in [0.2, 0.25) is 11.8 Å². The van der Waals surface area contributed by atoms with Crippen molar-refractivity contribution in [3.8, 4) is 0 Å². The highest BCUT2D eigenvalue weighted by atomic mass is 35.5. The van der Waals surface area contributed by atoms with Crippen LogP contribution in [0.3, 0.4) is 0 Å². The van der Waals surface area contributed by atoms with Crippen molar-refractivity contribution in [2.24, 2.45) is 0 Å². The molecule has 0 spiro atoms. The molecule has 1 fully saturated rings. The Bertz CT molecular complexity index is 560. The van der Waals surface area contributed by atoms with Gasteiger partial charge in [0.25, 0.3) is 0 Å². The van der Waals surface area contributed by atoms with E-state index >= 15 is 0 Å². The van der Waals surface area contributed by atoms with Crippen LogP contribution in [0.2, 0.25) is 5.02 Å². The van der Waals surface area contributed by atoms with E-state index in [0.29, 0.717) is 19.3 Å². The van der Waals surface area contributed by atoms with E-state index in [-0.39, 0.29) is 11.8 Å². The fraction of sp³-hybridized carbons (Fsp3) is 0.529. The molecular formula is C17H24ClN3O3.